The third-order valence-electron chi connectivity index (χ3n) is 3.74. The van der Waals surface area contributed by atoms with E-state index in [4.69, 9.17) is 14.6 Å². The second-order valence-electron chi connectivity index (χ2n) is 5.31. The number of benzene rings is 1. The topological polar surface area (TPSA) is 84.9 Å². The number of carboxylic acids is 1. The zero-order valence-electron chi connectivity index (χ0n) is 12.5. The first kappa shape index (κ1) is 16.5. The highest BCUT2D eigenvalue weighted by molar-refractivity contribution is 5.85. The Bertz CT molecular complexity index is 505. The van der Waals surface area contributed by atoms with Crippen LogP contribution in [0.2, 0.25) is 0 Å². The molecule has 1 aliphatic rings. The van der Waals surface area contributed by atoms with Crippen LogP contribution in [0.1, 0.15) is 24.5 Å². The molecule has 0 spiro atoms. The molecule has 2 N–H and O–H groups in total. The van der Waals surface area contributed by atoms with Crippen molar-refractivity contribution in [3.63, 3.8) is 0 Å². The summed E-state index contributed by atoms with van der Waals surface area (Å²) in [6, 6.07) is 8.48. The van der Waals surface area contributed by atoms with Gasteiger partial charge < -0.3 is 19.9 Å². The number of methoxy groups -OCH3 is 1. The number of carbonyl (C=O) groups is 2. The van der Waals surface area contributed by atoms with E-state index in [-0.39, 0.29) is 18.6 Å². The van der Waals surface area contributed by atoms with Crippen molar-refractivity contribution < 1.29 is 24.2 Å². The Morgan fingerprint density at radius 1 is 1.41 bits per heavy atom. The summed E-state index contributed by atoms with van der Waals surface area (Å²) in [5, 5.41) is 11.7. The second-order valence-corrected chi connectivity index (χ2v) is 5.31. The molecule has 1 aromatic rings. The van der Waals surface area contributed by atoms with Gasteiger partial charge in [-0.2, -0.15) is 0 Å². The van der Waals surface area contributed by atoms with Gasteiger partial charge in [0.25, 0.3) is 0 Å². The van der Waals surface area contributed by atoms with Crippen LogP contribution in [0.3, 0.4) is 0 Å². The fraction of sp³-hybridized carbons (Fsp3) is 0.500. The van der Waals surface area contributed by atoms with Gasteiger partial charge in [0.15, 0.2) is 6.04 Å². The molecular weight excluding hydrogens is 286 g/mol. The van der Waals surface area contributed by atoms with Crippen molar-refractivity contribution in [1.82, 2.24) is 5.32 Å². The minimum absolute atomic E-state index is 0.0648. The summed E-state index contributed by atoms with van der Waals surface area (Å²) in [4.78, 5) is 23.6. The van der Waals surface area contributed by atoms with Crippen LogP contribution < -0.4 is 5.32 Å². The average Bonchev–Trinajstić information content (AvgIpc) is 2.55. The van der Waals surface area contributed by atoms with Gasteiger partial charge in [-0.05, 0) is 18.4 Å². The molecule has 1 saturated heterocycles. The minimum atomic E-state index is -1.11. The summed E-state index contributed by atoms with van der Waals surface area (Å²) in [6.45, 7) is 0.536. The lowest BCUT2D eigenvalue weighted by Crippen LogP contribution is -2.48. The summed E-state index contributed by atoms with van der Waals surface area (Å²) >= 11 is 0. The van der Waals surface area contributed by atoms with Crippen LogP contribution in [0.4, 0.5) is 0 Å². The first-order valence-corrected chi connectivity index (χ1v) is 7.32. The lowest BCUT2D eigenvalue weighted by molar-refractivity contribution is -0.146. The minimum Gasteiger partial charge on any atom is -0.480 e. The standard InChI is InChI=1S/C16H21NO5/c1-21-10-13(16(19)20)17-15(18)12-8-5-9-22-14(12)11-6-3-2-4-7-11/h2-4,6-7,12-14H,5,8-10H2,1H3,(H,17,18)(H,19,20). The van der Waals surface area contributed by atoms with Gasteiger partial charge in [-0.3, -0.25) is 4.79 Å². The van der Waals surface area contributed by atoms with Crippen LogP contribution in [0.15, 0.2) is 30.3 Å². The van der Waals surface area contributed by atoms with Gasteiger partial charge in [0.1, 0.15) is 0 Å². The predicted octanol–water partition coefficient (Wildman–Crippen LogP) is 1.37. The Kier molecular flexibility index (Phi) is 5.91. The highest BCUT2D eigenvalue weighted by atomic mass is 16.5. The number of ether oxygens (including phenoxy) is 2. The number of carbonyl (C=O) groups excluding carboxylic acids is 1. The maximum Gasteiger partial charge on any atom is 0.328 e. The molecule has 2 rings (SSSR count). The number of hydrogen-bond acceptors (Lipinski definition) is 4. The SMILES string of the molecule is COCC(NC(=O)C1CCCOC1c1ccccc1)C(=O)O. The molecule has 1 heterocycles. The smallest absolute Gasteiger partial charge is 0.328 e. The summed E-state index contributed by atoms with van der Waals surface area (Å²) in [6.07, 6.45) is 1.11. The van der Waals surface area contributed by atoms with E-state index in [1.165, 1.54) is 7.11 Å². The summed E-state index contributed by atoms with van der Waals surface area (Å²) in [5.41, 5.74) is 0.931. The molecule has 1 fully saturated rings. The summed E-state index contributed by atoms with van der Waals surface area (Å²) < 4.78 is 10.6. The van der Waals surface area contributed by atoms with E-state index in [1.54, 1.807) is 0 Å². The summed E-state index contributed by atoms with van der Waals surface area (Å²) in [7, 11) is 1.40. The molecule has 120 valence electrons. The van der Waals surface area contributed by atoms with E-state index >= 15 is 0 Å². The fourth-order valence-corrected chi connectivity index (χ4v) is 2.64. The number of amides is 1. The quantitative estimate of drug-likeness (QED) is 0.829. The number of rotatable bonds is 6. The van der Waals surface area contributed by atoms with Crippen molar-refractivity contribution in [2.45, 2.75) is 25.0 Å². The number of nitrogens with one attached hydrogen (secondary N) is 1. The molecule has 6 heteroatoms. The maximum absolute atomic E-state index is 12.5. The number of aliphatic carboxylic acids is 1. The molecule has 1 amide bonds. The molecule has 0 bridgehead atoms. The van der Waals surface area contributed by atoms with Gasteiger partial charge >= 0.3 is 5.97 Å². The largest absolute Gasteiger partial charge is 0.480 e. The van der Waals surface area contributed by atoms with Gasteiger partial charge in [-0.15, -0.1) is 0 Å². The lowest BCUT2D eigenvalue weighted by Gasteiger charge is -2.31. The van der Waals surface area contributed by atoms with Crippen LogP contribution in [-0.2, 0) is 19.1 Å². The van der Waals surface area contributed by atoms with E-state index in [0.29, 0.717) is 13.0 Å². The van der Waals surface area contributed by atoms with Gasteiger partial charge in [-0.1, -0.05) is 30.3 Å². The van der Waals surface area contributed by atoms with Crippen molar-refractivity contribution >= 4 is 11.9 Å². The first-order valence-electron chi connectivity index (χ1n) is 7.32. The molecule has 3 atom stereocenters. The maximum atomic E-state index is 12.5. The predicted molar refractivity (Wildman–Crippen MR) is 79.3 cm³/mol. The fourth-order valence-electron chi connectivity index (χ4n) is 2.64. The Balaban J connectivity index is 2.10. The van der Waals surface area contributed by atoms with Gasteiger partial charge in [0, 0.05) is 13.7 Å². The van der Waals surface area contributed by atoms with Gasteiger partial charge in [0.2, 0.25) is 5.91 Å². The third kappa shape index (κ3) is 4.05. The van der Waals surface area contributed by atoms with Crippen molar-refractivity contribution in [3.8, 4) is 0 Å². The highest BCUT2D eigenvalue weighted by Crippen LogP contribution is 2.33. The molecule has 0 radical (unpaired) electrons. The van der Waals surface area contributed by atoms with Crippen LogP contribution >= 0.6 is 0 Å². The van der Waals surface area contributed by atoms with Gasteiger partial charge in [-0.25, -0.2) is 4.79 Å². The summed E-state index contributed by atoms with van der Waals surface area (Å²) in [5.74, 6) is -1.81. The Morgan fingerprint density at radius 2 is 2.14 bits per heavy atom. The average molecular weight is 307 g/mol. The van der Waals surface area contributed by atoms with Crippen LogP contribution in [0.5, 0.6) is 0 Å². The molecular formula is C16H21NO5. The van der Waals surface area contributed by atoms with Crippen molar-refractivity contribution in [1.29, 1.82) is 0 Å². The van der Waals surface area contributed by atoms with Crippen molar-refractivity contribution in [2.75, 3.05) is 20.3 Å². The van der Waals surface area contributed by atoms with Crippen LogP contribution in [0, 0.1) is 5.92 Å². The van der Waals surface area contributed by atoms with Crippen molar-refractivity contribution in [3.05, 3.63) is 35.9 Å². The Labute approximate surface area is 129 Å². The Hall–Kier alpha value is -1.92. The zero-order valence-corrected chi connectivity index (χ0v) is 12.5. The van der Waals surface area contributed by atoms with Gasteiger partial charge in [0.05, 0.1) is 18.6 Å². The molecule has 0 aliphatic carbocycles. The Morgan fingerprint density at radius 3 is 2.77 bits per heavy atom. The van der Waals surface area contributed by atoms with Crippen LogP contribution in [0.25, 0.3) is 0 Å². The molecule has 1 aromatic carbocycles. The molecule has 6 nitrogen and oxygen atoms in total. The van der Waals surface area contributed by atoms with Crippen LogP contribution in [-0.4, -0.2) is 43.3 Å². The third-order valence-corrected chi connectivity index (χ3v) is 3.74. The highest BCUT2D eigenvalue weighted by Gasteiger charge is 2.34. The van der Waals surface area contributed by atoms with Crippen molar-refractivity contribution in [2.24, 2.45) is 5.92 Å². The van der Waals surface area contributed by atoms with E-state index in [1.807, 2.05) is 30.3 Å². The van der Waals surface area contributed by atoms with E-state index < -0.39 is 17.9 Å². The van der Waals surface area contributed by atoms with E-state index in [0.717, 1.165) is 12.0 Å². The monoisotopic (exact) mass is 307 g/mol. The molecule has 0 aromatic heterocycles. The number of hydrogen-bond donors (Lipinski definition) is 2. The molecule has 0 saturated carbocycles. The first-order chi connectivity index (χ1) is 10.6. The normalized spacial score (nSPS) is 22.8. The number of carboxylic acid groups (broad SMARTS) is 1. The molecule has 1 aliphatic heterocycles. The van der Waals surface area contributed by atoms with E-state index in [2.05, 4.69) is 5.32 Å². The van der Waals surface area contributed by atoms with E-state index in [9.17, 15) is 9.59 Å². The lowest BCUT2D eigenvalue weighted by atomic mass is 9.88. The molecule has 3 unspecified atom stereocenters. The zero-order chi connectivity index (χ0) is 15.9. The second kappa shape index (κ2) is 7.91. The molecule has 22 heavy (non-hydrogen) atoms.